The second-order valence-electron chi connectivity index (χ2n) is 10.9. The number of rotatable bonds is 9. The number of methoxy groups -OCH3 is 1. The predicted molar refractivity (Wildman–Crippen MR) is 143 cm³/mol. The first-order valence-corrected chi connectivity index (χ1v) is 14.1. The molecule has 0 bridgehead atoms. The first kappa shape index (κ1) is 28.1. The highest BCUT2D eigenvalue weighted by molar-refractivity contribution is 5.92. The number of halogens is 2. The van der Waals surface area contributed by atoms with Crippen LogP contribution in [-0.4, -0.2) is 55.8 Å². The third-order valence-corrected chi connectivity index (χ3v) is 8.30. The van der Waals surface area contributed by atoms with Crippen molar-refractivity contribution in [2.75, 3.05) is 13.7 Å². The van der Waals surface area contributed by atoms with Gasteiger partial charge in [-0.15, -0.1) is 0 Å². The van der Waals surface area contributed by atoms with Gasteiger partial charge in [0.15, 0.2) is 5.65 Å². The zero-order valence-electron chi connectivity index (χ0n) is 23.2. The fourth-order valence-electron chi connectivity index (χ4n) is 5.87. The first-order valence-electron chi connectivity index (χ1n) is 14.1. The lowest BCUT2D eigenvalue weighted by Crippen LogP contribution is -2.38. The number of aryl methyl sites for hydroxylation is 1. The topological polar surface area (TPSA) is 115 Å². The molecular formula is C28H37F2N7O3. The van der Waals surface area contributed by atoms with Crippen molar-refractivity contribution in [2.24, 2.45) is 11.8 Å². The van der Waals surface area contributed by atoms with E-state index in [-0.39, 0.29) is 55.4 Å². The van der Waals surface area contributed by atoms with Crippen LogP contribution < -0.4 is 10.6 Å². The lowest BCUT2D eigenvalue weighted by molar-refractivity contribution is -0.126. The summed E-state index contributed by atoms with van der Waals surface area (Å²) in [5.74, 6) is -3.39. The standard InChI is InChI=1S/C28H37F2N7O3/c1-4-36-23(9-13-32-36)27(39)34-25(18-7-10-28(29,30)11-8-18)22-16-37-24(33-22)15-20(17(2)40-3)21(35-37)14-19-6-5-12-31-26(19)38/h9,13,15-19,25H,4-8,10-12,14H2,1-3H3,(H,31,38)(H,34,39). The summed E-state index contributed by atoms with van der Waals surface area (Å²) in [5.41, 5.74) is 3.11. The molecule has 3 unspecified atom stereocenters. The van der Waals surface area contributed by atoms with E-state index >= 15 is 0 Å². The lowest BCUT2D eigenvalue weighted by atomic mass is 9.81. The Morgan fingerprint density at radius 3 is 2.77 bits per heavy atom. The van der Waals surface area contributed by atoms with Crippen molar-refractivity contribution in [3.05, 3.63) is 47.2 Å². The zero-order valence-corrected chi connectivity index (χ0v) is 23.2. The fourth-order valence-corrected chi connectivity index (χ4v) is 5.87. The Labute approximate surface area is 231 Å². The van der Waals surface area contributed by atoms with Gasteiger partial charge in [-0.1, -0.05) is 0 Å². The number of carbonyl (C=O) groups is 2. The summed E-state index contributed by atoms with van der Waals surface area (Å²) >= 11 is 0. The van der Waals surface area contributed by atoms with Crippen molar-refractivity contribution in [3.63, 3.8) is 0 Å². The van der Waals surface area contributed by atoms with Gasteiger partial charge in [0.2, 0.25) is 11.8 Å². The Morgan fingerprint density at radius 2 is 2.08 bits per heavy atom. The van der Waals surface area contributed by atoms with Gasteiger partial charge >= 0.3 is 0 Å². The van der Waals surface area contributed by atoms with Crippen LogP contribution >= 0.6 is 0 Å². The quantitative estimate of drug-likeness (QED) is 0.411. The molecule has 10 nitrogen and oxygen atoms in total. The van der Waals surface area contributed by atoms with Crippen molar-refractivity contribution >= 4 is 17.5 Å². The van der Waals surface area contributed by atoms with E-state index in [0.29, 0.717) is 36.5 Å². The van der Waals surface area contributed by atoms with Gasteiger partial charge in [0, 0.05) is 57.1 Å². The number of aromatic nitrogens is 5. The van der Waals surface area contributed by atoms with Crippen LogP contribution in [0, 0.1) is 11.8 Å². The van der Waals surface area contributed by atoms with Crippen LogP contribution in [0.4, 0.5) is 8.78 Å². The maximum absolute atomic E-state index is 14.0. The maximum atomic E-state index is 14.0. The highest BCUT2D eigenvalue weighted by Crippen LogP contribution is 2.41. The number of fused-ring (bicyclic) bond motifs is 1. The molecule has 3 atom stereocenters. The van der Waals surface area contributed by atoms with Gasteiger partial charge in [0.25, 0.3) is 5.91 Å². The van der Waals surface area contributed by atoms with Crippen molar-refractivity contribution in [1.82, 2.24) is 35.0 Å². The highest BCUT2D eigenvalue weighted by Gasteiger charge is 2.39. The number of hydrogen-bond donors (Lipinski definition) is 2. The summed E-state index contributed by atoms with van der Waals surface area (Å²) in [6, 6.07) is 2.96. The van der Waals surface area contributed by atoms with E-state index in [0.717, 1.165) is 24.1 Å². The molecule has 2 N–H and O–H groups in total. The number of nitrogens with zero attached hydrogens (tertiary/aromatic N) is 5. The summed E-state index contributed by atoms with van der Waals surface area (Å²) in [5, 5.41) is 15.0. The van der Waals surface area contributed by atoms with Crippen molar-refractivity contribution in [3.8, 4) is 0 Å². The molecule has 2 fully saturated rings. The number of carbonyl (C=O) groups excluding carboxylic acids is 2. The van der Waals surface area contributed by atoms with Crippen LogP contribution in [0.25, 0.3) is 5.65 Å². The van der Waals surface area contributed by atoms with Gasteiger partial charge in [0.1, 0.15) is 5.69 Å². The number of amides is 2. The molecule has 1 saturated heterocycles. The average Bonchev–Trinajstić information content (AvgIpc) is 3.59. The molecule has 0 radical (unpaired) electrons. The third-order valence-electron chi connectivity index (χ3n) is 8.30. The molecule has 1 saturated carbocycles. The van der Waals surface area contributed by atoms with Gasteiger partial charge in [-0.05, 0) is 57.6 Å². The minimum absolute atomic E-state index is 0.0266. The largest absolute Gasteiger partial charge is 0.377 e. The zero-order chi connectivity index (χ0) is 28.4. The summed E-state index contributed by atoms with van der Waals surface area (Å²) in [4.78, 5) is 30.6. The monoisotopic (exact) mass is 557 g/mol. The maximum Gasteiger partial charge on any atom is 0.270 e. The fraction of sp³-hybridized carbons (Fsp3) is 0.607. The third kappa shape index (κ3) is 5.86. The van der Waals surface area contributed by atoms with Crippen molar-refractivity contribution in [2.45, 2.75) is 83.4 Å². The highest BCUT2D eigenvalue weighted by atomic mass is 19.3. The van der Waals surface area contributed by atoms with Gasteiger partial charge in [-0.3, -0.25) is 14.3 Å². The molecule has 1 aliphatic carbocycles. The van der Waals surface area contributed by atoms with Crippen LogP contribution in [0.5, 0.6) is 0 Å². The van der Waals surface area contributed by atoms with Crippen LogP contribution in [0.15, 0.2) is 24.5 Å². The molecule has 216 valence electrons. The second kappa shape index (κ2) is 11.6. The molecule has 2 amide bonds. The molecule has 3 aromatic rings. The Kier molecular flexibility index (Phi) is 8.16. The number of alkyl halides is 2. The molecule has 0 aromatic carbocycles. The number of hydrogen-bond acceptors (Lipinski definition) is 6. The molecule has 1 aliphatic heterocycles. The van der Waals surface area contributed by atoms with E-state index < -0.39 is 12.0 Å². The normalized spacial score (nSPS) is 21.2. The van der Waals surface area contributed by atoms with Gasteiger partial charge < -0.3 is 15.4 Å². The minimum atomic E-state index is -2.70. The molecular weight excluding hydrogens is 520 g/mol. The molecule has 3 aromatic heterocycles. The Bertz CT molecular complexity index is 1360. The van der Waals surface area contributed by atoms with E-state index in [2.05, 4.69) is 15.7 Å². The van der Waals surface area contributed by atoms with E-state index in [4.69, 9.17) is 14.8 Å². The summed E-state index contributed by atoms with van der Waals surface area (Å²) in [6.07, 6.45) is 5.30. The number of piperidine rings is 1. The molecule has 40 heavy (non-hydrogen) atoms. The molecule has 0 spiro atoms. The minimum Gasteiger partial charge on any atom is -0.377 e. The lowest BCUT2D eigenvalue weighted by Gasteiger charge is -2.33. The average molecular weight is 558 g/mol. The Hall–Kier alpha value is -3.41. The summed E-state index contributed by atoms with van der Waals surface area (Å²) in [6.45, 7) is 5.03. The smallest absolute Gasteiger partial charge is 0.270 e. The van der Waals surface area contributed by atoms with Gasteiger partial charge in [0.05, 0.1) is 29.7 Å². The molecule has 5 rings (SSSR count). The second-order valence-corrected chi connectivity index (χ2v) is 10.9. The SMILES string of the molecule is CCn1nccc1C(=O)NC(c1cn2nc(CC3CCCNC3=O)c(C(C)OC)cc2n1)C1CCC(F)(F)CC1. The molecule has 2 aliphatic rings. The van der Waals surface area contributed by atoms with Crippen molar-refractivity contribution < 1.29 is 23.1 Å². The Morgan fingerprint density at radius 1 is 1.30 bits per heavy atom. The molecule has 12 heteroatoms. The Balaban J connectivity index is 1.50. The van der Waals surface area contributed by atoms with Gasteiger partial charge in [-0.2, -0.15) is 10.2 Å². The van der Waals surface area contributed by atoms with Crippen LogP contribution in [0.3, 0.4) is 0 Å². The first-order chi connectivity index (χ1) is 19.2. The number of nitrogens with one attached hydrogen (secondary N) is 2. The van der Waals surface area contributed by atoms with Crippen molar-refractivity contribution in [1.29, 1.82) is 0 Å². The van der Waals surface area contributed by atoms with E-state index in [1.165, 1.54) is 0 Å². The number of imidazole rings is 1. The predicted octanol–water partition coefficient (Wildman–Crippen LogP) is 4.02. The molecule has 4 heterocycles. The van der Waals surface area contributed by atoms with E-state index in [1.54, 1.807) is 34.8 Å². The number of ether oxygens (including phenoxy) is 1. The van der Waals surface area contributed by atoms with Gasteiger partial charge in [-0.25, -0.2) is 18.3 Å². The summed E-state index contributed by atoms with van der Waals surface area (Å²) in [7, 11) is 1.62. The summed E-state index contributed by atoms with van der Waals surface area (Å²) < 4.78 is 37.0. The van der Waals surface area contributed by atoms with Crippen LogP contribution in [0.2, 0.25) is 0 Å². The van der Waals surface area contributed by atoms with E-state index in [1.807, 2.05) is 19.9 Å². The van der Waals surface area contributed by atoms with E-state index in [9.17, 15) is 18.4 Å². The van der Waals surface area contributed by atoms with Crippen LogP contribution in [0.1, 0.15) is 92.0 Å². The van der Waals surface area contributed by atoms with Crippen LogP contribution in [-0.2, 0) is 22.5 Å².